The van der Waals surface area contributed by atoms with E-state index in [1.54, 1.807) is 12.1 Å². The van der Waals surface area contributed by atoms with Gasteiger partial charge in [-0.1, -0.05) is 11.6 Å². The van der Waals surface area contributed by atoms with E-state index in [9.17, 15) is 4.79 Å². The standard InChI is InChI=1S/C18H16ClN5OS/c1-24-7-6-14-15(10-24)26-18(22-14)23-17(25)12-8-20-16(21-9-12)11-2-4-13(19)5-3-11/h2-5,8-9H,6-7,10H2,1H3,(H,22,23,25). The van der Waals surface area contributed by atoms with Crippen molar-refractivity contribution in [2.45, 2.75) is 13.0 Å². The number of carbonyl (C=O) groups is 1. The Kier molecular flexibility index (Phi) is 4.67. The van der Waals surface area contributed by atoms with Crippen molar-refractivity contribution in [1.29, 1.82) is 0 Å². The van der Waals surface area contributed by atoms with Crippen LogP contribution in [0, 0.1) is 0 Å². The lowest BCUT2D eigenvalue weighted by Gasteiger charge is -2.20. The smallest absolute Gasteiger partial charge is 0.260 e. The van der Waals surface area contributed by atoms with Gasteiger partial charge in [0, 0.05) is 47.4 Å². The van der Waals surface area contributed by atoms with Gasteiger partial charge in [0.05, 0.1) is 11.3 Å². The van der Waals surface area contributed by atoms with Gasteiger partial charge in [0.15, 0.2) is 11.0 Å². The highest BCUT2D eigenvalue weighted by molar-refractivity contribution is 7.15. The number of rotatable bonds is 3. The first kappa shape index (κ1) is 17.1. The minimum absolute atomic E-state index is 0.257. The molecule has 0 saturated heterocycles. The molecular formula is C18H16ClN5OS. The van der Waals surface area contributed by atoms with Gasteiger partial charge >= 0.3 is 0 Å². The van der Waals surface area contributed by atoms with Crippen LogP contribution in [-0.4, -0.2) is 39.4 Å². The van der Waals surface area contributed by atoms with Crippen LogP contribution in [0.5, 0.6) is 0 Å². The summed E-state index contributed by atoms with van der Waals surface area (Å²) in [5, 5.41) is 4.13. The number of nitrogens with zero attached hydrogens (tertiary/aromatic N) is 4. The Morgan fingerprint density at radius 1 is 1.23 bits per heavy atom. The van der Waals surface area contributed by atoms with E-state index >= 15 is 0 Å². The van der Waals surface area contributed by atoms with Crippen molar-refractivity contribution in [3.05, 3.63) is 57.8 Å². The summed E-state index contributed by atoms with van der Waals surface area (Å²) in [5.41, 5.74) is 2.32. The second kappa shape index (κ2) is 7.11. The lowest BCUT2D eigenvalue weighted by molar-refractivity contribution is 0.102. The summed E-state index contributed by atoms with van der Waals surface area (Å²) < 4.78 is 0. The first-order valence-electron chi connectivity index (χ1n) is 8.15. The molecule has 1 aliphatic rings. The number of hydrogen-bond acceptors (Lipinski definition) is 6. The molecule has 6 nitrogen and oxygen atoms in total. The maximum atomic E-state index is 12.4. The molecule has 3 aromatic rings. The molecule has 0 radical (unpaired) electrons. The zero-order valence-electron chi connectivity index (χ0n) is 14.1. The van der Waals surface area contributed by atoms with Crippen molar-refractivity contribution < 1.29 is 4.79 Å². The molecule has 3 heterocycles. The van der Waals surface area contributed by atoms with Gasteiger partial charge in [-0.2, -0.15) is 0 Å². The fraction of sp³-hybridized carbons (Fsp3) is 0.222. The number of fused-ring (bicyclic) bond motifs is 1. The minimum Gasteiger partial charge on any atom is -0.301 e. The zero-order valence-corrected chi connectivity index (χ0v) is 15.6. The highest BCUT2D eigenvalue weighted by Gasteiger charge is 2.19. The van der Waals surface area contributed by atoms with Crippen LogP contribution in [0.25, 0.3) is 11.4 Å². The summed E-state index contributed by atoms with van der Waals surface area (Å²) in [4.78, 5) is 29.0. The van der Waals surface area contributed by atoms with Crippen LogP contribution in [0.1, 0.15) is 20.9 Å². The molecule has 1 aliphatic heterocycles. The number of hydrogen-bond donors (Lipinski definition) is 1. The Balaban J connectivity index is 1.47. The van der Waals surface area contributed by atoms with Gasteiger partial charge in [-0.25, -0.2) is 15.0 Å². The second-order valence-corrected chi connectivity index (χ2v) is 7.65. The summed E-state index contributed by atoms with van der Waals surface area (Å²) >= 11 is 7.41. The molecule has 2 aromatic heterocycles. The average Bonchev–Trinajstić information content (AvgIpc) is 3.03. The highest BCUT2D eigenvalue weighted by atomic mass is 35.5. The molecular weight excluding hydrogens is 370 g/mol. The number of likely N-dealkylation sites (N-methyl/N-ethyl adjacent to an activating group) is 1. The number of benzene rings is 1. The van der Waals surface area contributed by atoms with Crippen molar-refractivity contribution in [1.82, 2.24) is 19.9 Å². The van der Waals surface area contributed by atoms with Gasteiger partial charge in [0.2, 0.25) is 0 Å². The maximum Gasteiger partial charge on any atom is 0.260 e. The van der Waals surface area contributed by atoms with Crippen molar-refractivity contribution in [2.24, 2.45) is 0 Å². The molecule has 4 rings (SSSR count). The molecule has 132 valence electrons. The van der Waals surface area contributed by atoms with E-state index in [-0.39, 0.29) is 5.91 Å². The quantitative estimate of drug-likeness (QED) is 0.747. The molecule has 0 bridgehead atoms. The second-order valence-electron chi connectivity index (χ2n) is 6.13. The number of halogens is 1. The van der Waals surface area contributed by atoms with Crippen molar-refractivity contribution in [2.75, 3.05) is 18.9 Å². The first-order chi connectivity index (χ1) is 12.6. The monoisotopic (exact) mass is 385 g/mol. The average molecular weight is 386 g/mol. The summed E-state index contributed by atoms with van der Waals surface area (Å²) in [6, 6.07) is 7.24. The number of anilines is 1. The van der Waals surface area contributed by atoms with E-state index in [4.69, 9.17) is 11.6 Å². The molecule has 8 heteroatoms. The largest absolute Gasteiger partial charge is 0.301 e. The predicted octanol–water partition coefficient (Wildman–Crippen LogP) is 3.49. The van der Waals surface area contributed by atoms with Crippen LogP contribution in [0.15, 0.2) is 36.7 Å². The van der Waals surface area contributed by atoms with Crippen LogP contribution in [-0.2, 0) is 13.0 Å². The zero-order chi connectivity index (χ0) is 18.1. The van der Waals surface area contributed by atoms with E-state index in [0.717, 1.165) is 30.8 Å². The third-order valence-electron chi connectivity index (χ3n) is 4.16. The van der Waals surface area contributed by atoms with Gasteiger partial charge in [-0.15, -0.1) is 11.3 Å². The van der Waals surface area contributed by atoms with E-state index < -0.39 is 0 Å². The van der Waals surface area contributed by atoms with E-state index in [1.165, 1.54) is 28.6 Å². The van der Waals surface area contributed by atoms with E-state index in [2.05, 4.69) is 32.2 Å². The van der Waals surface area contributed by atoms with E-state index in [1.807, 2.05) is 12.1 Å². The van der Waals surface area contributed by atoms with Crippen LogP contribution in [0.3, 0.4) is 0 Å². The third-order valence-corrected chi connectivity index (χ3v) is 5.41. The predicted molar refractivity (Wildman–Crippen MR) is 103 cm³/mol. The van der Waals surface area contributed by atoms with Crippen LogP contribution in [0.4, 0.5) is 5.13 Å². The van der Waals surface area contributed by atoms with Crippen LogP contribution < -0.4 is 5.32 Å². The van der Waals surface area contributed by atoms with Crippen LogP contribution >= 0.6 is 22.9 Å². The topological polar surface area (TPSA) is 71.0 Å². The minimum atomic E-state index is -0.257. The first-order valence-corrected chi connectivity index (χ1v) is 9.34. The van der Waals surface area contributed by atoms with E-state index in [0.29, 0.717) is 21.5 Å². The molecule has 1 amide bonds. The Bertz CT molecular complexity index is 939. The Hall–Kier alpha value is -2.35. The summed E-state index contributed by atoms with van der Waals surface area (Å²) in [6.45, 7) is 1.87. The molecule has 0 unspecified atom stereocenters. The molecule has 0 aliphatic carbocycles. The molecule has 0 saturated carbocycles. The number of carbonyl (C=O) groups excluding carboxylic acids is 1. The molecule has 0 fully saturated rings. The lowest BCUT2D eigenvalue weighted by atomic mass is 10.2. The SMILES string of the molecule is CN1CCc2nc(NC(=O)c3cnc(-c4ccc(Cl)cc4)nc3)sc2C1. The maximum absolute atomic E-state index is 12.4. The number of amides is 1. The molecule has 0 spiro atoms. The molecule has 1 N–H and O–H groups in total. The van der Waals surface area contributed by atoms with Crippen molar-refractivity contribution in [3.8, 4) is 11.4 Å². The number of nitrogens with one attached hydrogen (secondary N) is 1. The van der Waals surface area contributed by atoms with Gasteiger partial charge in [-0.05, 0) is 31.3 Å². The van der Waals surface area contributed by atoms with Crippen molar-refractivity contribution in [3.63, 3.8) is 0 Å². The third kappa shape index (κ3) is 3.60. The fourth-order valence-corrected chi connectivity index (χ4v) is 3.95. The van der Waals surface area contributed by atoms with Gasteiger partial charge in [0.25, 0.3) is 5.91 Å². The highest BCUT2D eigenvalue weighted by Crippen LogP contribution is 2.28. The number of aromatic nitrogens is 3. The Morgan fingerprint density at radius 3 is 2.69 bits per heavy atom. The van der Waals surface area contributed by atoms with Crippen LogP contribution in [0.2, 0.25) is 5.02 Å². The van der Waals surface area contributed by atoms with Crippen molar-refractivity contribution >= 4 is 34.0 Å². The summed E-state index contributed by atoms with van der Waals surface area (Å²) in [5.74, 6) is 0.290. The normalized spacial score (nSPS) is 14.1. The van der Waals surface area contributed by atoms with Gasteiger partial charge in [0.1, 0.15) is 0 Å². The Labute approximate surface area is 159 Å². The Morgan fingerprint density at radius 2 is 1.96 bits per heavy atom. The molecule has 26 heavy (non-hydrogen) atoms. The fourth-order valence-electron chi connectivity index (χ4n) is 2.74. The molecule has 0 atom stereocenters. The number of thiazole rings is 1. The lowest BCUT2D eigenvalue weighted by Crippen LogP contribution is -2.25. The van der Waals surface area contributed by atoms with Gasteiger partial charge in [-0.3, -0.25) is 10.1 Å². The van der Waals surface area contributed by atoms with Gasteiger partial charge < -0.3 is 4.90 Å². The molecule has 1 aromatic carbocycles. The summed E-state index contributed by atoms with van der Waals surface area (Å²) in [6.07, 6.45) is 3.96. The summed E-state index contributed by atoms with van der Waals surface area (Å²) in [7, 11) is 2.08.